The highest BCUT2D eigenvalue weighted by molar-refractivity contribution is 6.30. The topological polar surface area (TPSA) is 85.7 Å². The second kappa shape index (κ2) is 6.82. The lowest BCUT2D eigenvalue weighted by atomic mass is 10.3. The van der Waals surface area contributed by atoms with Gasteiger partial charge in [-0.05, 0) is 38.1 Å². The van der Waals surface area contributed by atoms with Gasteiger partial charge in [0.1, 0.15) is 5.69 Å². The summed E-state index contributed by atoms with van der Waals surface area (Å²) in [6.07, 6.45) is 0. The second-order valence-electron chi connectivity index (χ2n) is 5.39. The molecule has 0 amide bonds. The Labute approximate surface area is 148 Å². The zero-order chi connectivity index (χ0) is 18.0. The SMILES string of the molecule is Cc1nn(-c2cccc(Cl)c2)c(C)c1N=Nc1cccc([N+](=O)[O-])c1. The summed E-state index contributed by atoms with van der Waals surface area (Å²) >= 11 is 6.04. The number of aromatic nitrogens is 2. The molecule has 0 atom stereocenters. The molecule has 0 aliphatic carbocycles. The quantitative estimate of drug-likeness (QED) is 0.353. The molecule has 8 heteroatoms. The average Bonchev–Trinajstić information content (AvgIpc) is 2.87. The van der Waals surface area contributed by atoms with E-state index < -0.39 is 4.92 Å². The highest BCUT2D eigenvalue weighted by Crippen LogP contribution is 2.29. The Bertz CT molecular complexity index is 981. The van der Waals surface area contributed by atoms with Gasteiger partial charge in [-0.1, -0.05) is 23.7 Å². The van der Waals surface area contributed by atoms with Crippen LogP contribution in [0, 0.1) is 24.0 Å². The summed E-state index contributed by atoms with van der Waals surface area (Å²) in [6, 6.07) is 13.3. The van der Waals surface area contributed by atoms with E-state index in [-0.39, 0.29) is 5.69 Å². The zero-order valence-electron chi connectivity index (χ0n) is 13.5. The van der Waals surface area contributed by atoms with Crippen LogP contribution < -0.4 is 0 Å². The average molecular weight is 356 g/mol. The van der Waals surface area contributed by atoms with E-state index in [1.165, 1.54) is 12.1 Å². The first-order valence-electron chi connectivity index (χ1n) is 7.44. The first kappa shape index (κ1) is 16.8. The Balaban J connectivity index is 1.96. The minimum absolute atomic E-state index is 0.0282. The first-order valence-corrected chi connectivity index (χ1v) is 7.82. The minimum Gasteiger partial charge on any atom is -0.258 e. The molecule has 0 saturated heterocycles. The van der Waals surface area contributed by atoms with Crippen molar-refractivity contribution < 1.29 is 4.92 Å². The summed E-state index contributed by atoms with van der Waals surface area (Å²) in [6.45, 7) is 3.71. The molecule has 0 aliphatic heterocycles. The van der Waals surface area contributed by atoms with Gasteiger partial charge in [-0.15, -0.1) is 5.11 Å². The summed E-state index contributed by atoms with van der Waals surface area (Å²) in [5.41, 5.74) is 3.32. The molecule has 0 spiro atoms. The normalized spacial score (nSPS) is 11.2. The number of halogens is 1. The van der Waals surface area contributed by atoms with Gasteiger partial charge in [0.2, 0.25) is 0 Å². The molecule has 126 valence electrons. The Hall–Kier alpha value is -3.06. The molecule has 2 aromatic carbocycles. The molecule has 3 rings (SSSR count). The minimum atomic E-state index is -0.466. The third-order valence-corrected chi connectivity index (χ3v) is 3.85. The summed E-state index contributed by atoms with van der Waals surface area (Å²) in [4.78, 5) is 10.4. The van der Waals surface area contributed by atoms with Crippen molar-refractivity contribution in [3.63, 3.8) is 0 Å². The maximum atomic E-state index is 10.8. The molecule has 0 N–H and O–H groups in total. The van der Waals surface area contributed by atoms with Crippen LogP contribution in [-0.4, -0.2) is 14.7 Å². The van der Waals surface area contributed by atoms with Crippen molar-refractivity contribution in [2.75, 3.05) is 0 Å². The predicted octanol–water partition coefficient (Wildman–Crippen LogP) is 5.47. The molecule has 1 heterocycles. The lowest BCUT2D eigenvalue weighted by molar-refractivity contribution is -0.384. The van der Waals surface area contributed by atoms with E-state index >= 15 is 0 Å². The maximum absolute atomic E-state index is 10.8. The van der Waals surface area contributed by atoms with Crippen LogP contribution in [0.15, 0.2) is 58.8 Å². The van der Waals surface area contributed by atoms with Gasteiger partial charge in [-0.25, -0.2) is 4.68 Å². The van der Waals surface area contributed by atoms with Crippen molar-refractivity contribution in [2.24, 2.45) is 10.2 Å². The van der Waals surface area contributed by atoms with E-state index in [4.69, 9.17) is 11.6 Å². The van der Waals surface area contributed by atoms with E-state index in [1.54, 1.807) is 22.9 Å². The number of azo groups is 1. The van der Waals surface area contributed by atoms with Gasteiger partial charge in [0.25, 0.3) is 5.69 Å². The van der Waals surface area contributed by atoms with Crippen molar-refractivity contribution in [3.8, 4) is 5.69 Å². The lowest BCUT2D eigenvalue weighted by Gasteiger charge is -2.04. The second-order valence-corrected chi connectivity index (χ2v) is 5.82. The van der Waals surface area contributed by atoms with Crippen LogP contribution in [0.3, 0.4) is 0 Å². The number of non-ortho nitro benzene ring substituents is 1. The van der Waals surface area contributed by atoms with Gasteiger partial charge in [0.15, 0.2) is 0 Å². The summed E-state index contributed by atoms with van der Waals surface area (Å²) in [5, 5.41) is 24.3. The van der Waals surface area contributed by atoms with Crippen LogP contribution >= 0.6 is 11.6 Å². The monoisotopic (exact) mass is 355 g/mol. The van der Waals surface area contributed by atoms with Crippen molar-refractivity contribution in [1.29, 1.82) is 0 Å². The lowest BCUT2D eigenvalue weighted by Crippen LogP contribution is -1.98. The first-order chi connectivity index (χ1) is 12.0. The summed E-state index contributed by atoms with van der Waals surface area (Å²) in [5.74, 6) is 0. The third-order valence-electron chi connectivity index (χ3n) is 3.61. The number of aryl methyl sites for hydroxylation is 1. The zero-order valence-corrected chi connectivity index (χ0v) is 14.3. The molecule has 0 aliphatic rings. The van der Waals surface area contributed by atoms with E-state index in [2.05, 4.69) is 15.3 Å². The standard InChI is InChI=1S/C17H14ClN5O2/c1-11-17(20-19-14-6-4-8-16(10-14)23(24)25)12(2)22(21-11)15-7-3-5-13(18)9-15/h3-10H,1-2H3. The maximum Gasteiger partial charge on any atom is 0.271 e. The molecule has 0 fully saturated rings. The number of nitrogens with zero attached hydrogens (tertiary/aromatic N) is 5. The largest absolute Gasteiger partial charge is 0.271 e. The molecule has 3 aromatic rings. The Morgan fingerprint density at radius 2 is 1.88 bits per heavy atom. The fraction of sp³-hybridized carbons (Fsp3) is 0.118. The van der Waals surface area contributed by atoms with Gasteiger partial charge >= 0.3 is 0 Å². The van der Waals surface area contributed by atoms with Crippen LogP contribution in [-0.2, 0) is 0 Å². The smallest absolute Gasteiger partial charge is 0.258 e. The number of rotatable bonds is 4. The van der Waals surface area contributed by atoms with Crippen molar-refractivity contribution in [3.05, 3.63) is 75.1 Å². The van der Waals surface area contributed by atoms with Gasteiger partial charge in [-0.2, -0.15) is 10.2 Å². The van der Waals surface area contributed by atoms with Crippen LogP contribution in [0.5, 0.6) is 0 Å². The van der Waals surface area contributed by atoms with Crippen LogP contribution in [0.1, 0.15) is 11.4 Å². The number of hydrogen-bond donors (Lipinski definition) is 0. The van der Waals surface area contributed by atoms with Gasteiger partial charge in [0.05, 0.1) is 27.7 Å². The van der Waals surface area contributed by atoms with E-state index in [1.807, 2.05) is 32.0 Å². The van der Waals surface area contributed by atoms with Crippen molar-refractivity contribution in [2.45, 2.75) is 13.8 Å². The Morgan fingerprint density at radius 3 is 2.60 bits per heavy atom. The summed E-state index contributed by atoms with van der Waals surface area (Å²) in [7, 11) is 0. The number of benzene rings is 2. The molecule has 0 radical (unpaired) electrons. The molecule has 7 nitrogen and oxygen atoms in total. The fourth-order valence-corrected chi connectivity index (χ4v) is 2.60. The van der Waals surface area contributed by atoms with Crippen molar-refractivity contribution in [1.82, 2.24) is 9.78 Å². The molecule has 1 aromatic heterocycles. The number of hydrogen-bond acceptors (Lipinski definition) is 5. The summed E-state index contributed by atoms with van der Waals surface area (Å²) < 4.78 is 1.74. The van der Waals surface area contributed by atoms with Gasteiger partial charge in [0, 0.05) is 17.2 Å². The van der Waals surface area contributed by atoms with E-state index in [0.29, 0.717) is 22.1 Å². The van der Waals surface area contributed by atoms with Crippen LogP contribution in [0.4, 0.5) is 17.1 Å². The predicted molar refractivity (Wildman–Crippen MR) is 95.3 cm³/mol. The van der Waals surface area contributed by atoms with E-state index in [0.717, 1.165) is 11.4 Å². The van der Waals surface area contributed by atoms with Crippen LogP contribution in [0.2, 0.25) is 5.02 Å². The molecule has 0 bridgehead atoms. The Kier molecular flexibility index (Phi) is 4.58. The molecule has 25 heavy (non-hydrogen) atoms. The third kappa shape index (κ3) is 3.56. The highest BCUT2D eigenvalue weighted by atomic mass is 35.5. The fourth-order valence-electron chi connectivity index (χ4n) is 2.41. The highest BCUT2D eigenvalue weighted by Gasteiger charge is 2.13. The molecular formula is C17H14ClN5O2. The van der Waals surface area contributed by atoms with E-state index in [9.17, 15) is 10.1 Å². The van der Waals surface area contributed by atoms with Crippen LogP contribution in [0.25, 0.3) is 5.69 Å². The Morgan fingerprint density at radius 1 is 1.12 bits per heavy atom. The van der Waals surface area contributed by atoms with Gasteiger partial charge < -0.3 is 0 Å². The molecule has 0 unspecified atom stereocenters. The number of nitro groups is 1. The van der Waals surface area contributed by atoms with Crippen molar-refractivity contribution >= 4 is 28.7 Å². The number of nitro benzene ring substituents is 1. The molecular weight excluding hydrogens is 342 g/mol. The van der Waals surface area contributed by atoms with Gasteiger partial charge in [-0.3, -0.25) is 10.1 Å². The molecule has 0 saturated carbocycles.